The molecule has 0 saturated carbocycles. The maximum absolute atomic E-state index is 8.80. The summed E-state index contributed by atoms with van der Waals surface area (Å²) in [5.74, 6) is 0.927. The first-order chi connectivity index (χ1) is 10.4. The Morgan fingerprint density at radius 3 is 2.52 bits per heavy atom. The van der Waals surface area contributed by atoms with E-state index in [2.05, 4.69) is 35.6 Å². The zero-order valence-corrected chi connectivity index (χ0v) is 12.3. The number of aliphatic hydroxyl groups excluding tert-OH is 1. The summed E-state index contributed by atoms with van der Waals surface area (Å²) >= 11 is 0. The average Bonchev–Trinajstić information content (AvgIpc) is 2.54. The second-order valence-corrected chi connectivity index (χ2v) is 4.95. The third kappa shape index (κ3) is 5.58. The SMILES string of the molecule is OCCNCc1ccccc1OCCCc1ccccc1. The summed E-state index contributed by atoms with van der Waals surface area (Å²) in [6.45, 7) is 2.18. The van der Waals surface area contributed by atoms with E-state index in [-0.39, 0.29) is 6.61 Å². The first kappa shape index (κ1) is 15.5. The number of rotatable bonds is 9. The van der Waals surface area contributed by atoms with Crippen LogP contribution < -0.4 is 10.1 Å². The van der Waals surface area contributed by atoms with Crippen LogP contribution in [-0.2, 0) is 13.0 Å². The molecule has 0 unspecified atom stereocenters. The molecule has 0 heterocycles. The van der Waals surface area contributed by atoms with Crippen LogP contribution in [0.5, 0.6) is 5.75 Å². The topological polar surface area (TPSA) is 41.5 Å². The molecule has 0 fully saturated rings. The smallest absolute Gasteiger partial charge is 0.123 e. The van der Waals surface area contributed by atoms with E-state index < -0.39 is 0 Å². The van der Waals surface area contributed by atoms with Crippen molar-refractivity contribution in [3.63, 3.8) is 0 Å². The number of ether oxygens (including phenoxy) is 1. The van der Waals surface area contributed by atoms with Gasteiger partial charge in [0.1, 0.15) is 5.75 Å². The van der Waals surface area contributed by atoms with Crippen LogP contribution in [0.4, 0.5) is 0 Å². The van der Waals surface area contributed by atoms with Gasteiger partial charge in [0.15, 0.2) is 0 Å². The summed E-state index contributed by atoms with van der Waals surface area (Å²) in [6.07, 6.45) is 2.04. The second kappa shape index (κ2) is 9.16. The van der Waals surface area contributed by atoms with Crippen LogP contribution in [0.2, 0.25) is 0 Å². The summed E-state index contributed by atoms with van der Waals surface area (Å²) in [6, 6.07) is 18.5. The molecule has 0 atom stereocenters. The maximum Gasteiger partial charge on any atom is 0.123 e. The molecular weight excluding hydrogens is 262 g/mol. The summed E-state index contributed by atoms with van der Waals surface area (Å²) in [5, 5.41) is 12.0. The fraction of sp³-hybridized carbons (Fsp3) is 0.333. The number of aryl methyl sites for hydroxylation is 1. The number of hydrogen-bond donors (Lipinski definition) is 2. The summed E-state index contributed by atoms with van der Waals surface area (Å²) in [7, 11) is 0. The van der Waals surface area contributed by atoms with Crippen molar-refractivity contribution in [2.45, 2.75) is 19.4 Å². The lowest BCUT2D eigenvalue weighted by Crippen LogP contribution is -2.18. The fourth-order valence-electron chi connectivity index (χ4n) is 2.20. The molecule has 0 amide bonds. The van der Waals surface area contributed by atoms with E-state index in [1.807, 2.05) is 24.3 Å². The zero-order chi connectivity index (χ0) is 14.8. The third-order valence-electron chi connectivity index (χ3n) is 3.29. The van der Waals surface area contributed by atoms with Crippen molar-refractivity contribution >= 4 is 0 Å². The Kier molecular flexibility index (Phi) is 6.78. The Morgan fingerprint density at radius 2 is 1.71 bits per heavy atom. The molecule has 3 heteroatoms. The van der Waals surface area contributed by atoms with Crippen LogP contribution in [0.15, 0.2) is 54.6 Å². The Bertz CT molecular complexity index is 514. The maximum atomic E-state index is 8.80. The zero-order valence-electron chi connectivity index (χ0n) is 12.3. The van der Waals surface area contributed by atoms with Crippen molar-refractivity contribution in [3.8, 4) is 5.75 Å². The van der Waals surface area contributed by atoms with Gasteiger partial charge in [-0.1, -0.05) is 48.5 Å². The Labute approximate surface area is 126 Å². The molecule has 0 saturated heterocycles. The van der Waals surface area contributed by atoms with Crippen molar-refractivity contribution in [1.82, 2.24) is 5.32 Å². The van der Waals surface area contributed by atoms with Crippen LogP contribution in [0.1, 0.15) is 17.5 Å². The van der Waals surface area contributed by atoms with Crippen molar-refractivity contribution in [2.24, 2.45) is 0 Å². The van der Waals surface area contributed by atoms with Crippen molar-refractivity contribution in [1.29, 1.82) is 0 Å². The molecule has 3 nitrogen and oxygen atoms in total. The highest BCUT2D eigenvalue weighted by atomic mass is 16.5. The number of benzene rings is 2. The van der Waals surface area contributed by atoms with Crippen LogP contribution in [0.25, 0.3) is 0 Å². The van der Waals surface area contributed by atoms with E-state index in [0.29, 0.717) is 13.2 Å². The molecule has 0 aliphatic carbocycles. The van der Waals surface area contributed by atoms with Crippen molar-refractivity contribution in [2.75, 3.05) is 19.8 Å². The Hall–Kier alpha value is -1.84. The van der Waals surface area contributed by atoms with Crippen LogP contribution in [0, 0.1) is 0 Å². The van der Waals surface area contributed by atoms with Gasteiger partial charge in [0.25, 0.3) is 0 Å². The van der Waals surface area contributed by atoms with Crippen molar-refractivity contribution in [3.05, 3.63) is 65.7 Å². The van der Waals surface area contributed by atoms with Gasteiger partial charge in [-0.05, 0) is 24.5 Å². The van der Waals surface area contributed by atoms with Crippen LogP contribution in [0.3, 0.4) is 0 Å². The molecule has 0 aromatic heterocycles. The van der Waals surface area contributed by atoms with E-state index in [4.69, 9.17) is 9.84 Å². The van der Waals surface area contributed by atoms with Gasteiger partial charge in [-0.25, -0.2) is 0 Å². The first-order valence-corrected chi connectivity index (χ1v) is 7.46. The normalized spacial score (nSPS) is 10.5. The van der Waals surface area contributed by atoms with Crippen LogP contribution in [-0.4, -0.2) is 24.9 Å². The molecular formula is C18H23NO2. The number of nitrogens with one attached hydrogen (secondary N) is 1. The van der Waals surface area contributed by atoms with Gasteiger partial charge in [0, 0.05) is 18.7 Å². The van der Waals surface area contributed by atoms with Gasteiger partial charge in [0.2, 0.25) is 0 Å². The predicted octanol–water partition coefficient (Wildman–Crippen LogP) is 2.78. The largest absolute Gasteiger partial charge is 0.493 e. The molecule has 2 aromatic rings. The summed E-state index contributed by atoms with van der Waals surface area (Å²) < 4.78 is 5.89. The molecule has 0 aliphatic heterocycles. The van der Waals surface area contributed by atoms with E-state index >= 15 is 0 Å². The van der Waals surface area contributed by atoms with Crippen molar-refractivity contribution < 1.29 is 9.84 Å². The Morgan fingerprint density at radius 1 is 0.952 bits per heavy atom. The van der Waals surface area contributed by atoms with Gasteiger partial charge >= 0.3 is 0 Å². The number of hydrogen-bond acceptors (Lipinski definition) is 3. The molecule has 0 radical (unpaired) electrons. The monoisotopic (exact) mass is 285 g/mol. The highest BCUT2D eigenvalue weighted by molar-refractivity contribution is 5.33. The molecule has 112 valence electrons. The Balaban J connectivity index is 1.77. The lowest BCUT2D eigenvalue weighted by Gasteiger charge is -2.12. The van der Waals surface area contributed by atoms with Gasteiger partial charge in [-0.15, -0.1) is 0 Å². The van der Waals surface area contributed by atoms with Gasteiger partial charge < -0.3 is 15.2 Å². The first-order valence-electron chi connectivity index (χ1n) is 7.46. The lowest BCUT2D eigenvalue weighted by atomic mass is 10.1. The van der Waals surface area contributed by atoms with E-state index in [1.165, 1.54) is 5.56 Å². The number of aliphatic hydroxyl groups is 1. The molecule has 2 N–H and O–H groups in total. The van der Waals surface area contributed by atoms with E-state index in [0.717, 1.165) is 30.7 Å². The van der Waals surface area contributed by atoms with Gasteiger partial charge in [0.05, 0.1) is 13.2 Å². The second-order valence-electron chi connectivity index (χ2n) is 4.95. The minimum atomic E-state index is 0.153. The minimum absolute atomic E-state index is 0.153. The quantitative estimate of drug-likeness (QED) is 0.696. The minimum Gasteiger partial charge on any atom is -0.493 e. The average molecular weight is 285 g/mol. The molecule has 21 heavy (non-hydrogen) atoms. The van der Waals surface area contributed by atoms with Gasteiger partial charge in [-0.3, -0.25) is 0 Å². The highest BCUT2D eigenvalue weighted by Crippen LogP contribution is 2.18. The molecule has 0 spiro atoms. The fourth-order valence-corrected chi connectivity index (χ4v) is 2.20. The van der Waals surface area contributed by atoms with E-state index in [9.17, 15) is 0 Å². The lowest BCUT2D eigenvalue weighted by molar-refractivity contribution is 0.289. The molecule has 0 aliphatic rings. The molecule has 0 bridgehead atoms. The van der Waals surface area contributed by atoms with E-state index in [1.54, 1.807) is 0 Å². The molecule has 2 rings (SSSR count). The third-order valence-corrected chi connectivity index (χ3v) is 3.29. The molecule has 2 aromatic carbocycles. The summed E-state index contributed by atoms with van der Waals surface area (Å²) in [5.41, 5.74) is 2.48. The highest BCUT2D eigenvalue weighted by Gasteiger charge is 2.02. The predicted molar refractivity (Wildman–Crippen MR) is 85.5 cm³/mol. The van der Waals surface area contributed by atoms with Crippen LogP contribution >= 0.6 is 0 Å². The summed E-state index contributed by atoms with van der Waals surface area (Å²) in [4.78, 5) is 0. The number of para-hydroxylation sites is 1. The van der Waals surface area contributed by atoms with Gasteiger partial charge in [-0.2, -0.15) is 0 Å². The standard InChI is InChI=1S/C18H23NO2/c20-13-12-19-15-17-10-4-5-11-18(17)21-14-6-9-16-7-2-1-3-8-16/h1-5,7-8,10-11,19-20H,6,9,12-15H2.